The molecule has 3 aromatic carbocycles. The molecule has 4 rings (SSSR count). The lowest BCUT2D eigenvalue weighted by Gasteiger charge is -2.27. The minimum atomic E-state index is -0.784. The number of anilines is 1. The molecule has 1 aliphatic rings. The number of para-hydroxylation sites is 1. The molecule has 4 amide bonds. The summed E-state index contributed by atoms with van der Waals surface area (Å²) in [5.41, 5.74) is 3.51. The van der Waals surface area contributed by atoms with Crippen LogP contribution in [0.15, 0.2) is 72.3 Å². The standard InChI is InChI=1S/C26H21ClN2O4/c1-16-11-12-20(13-17(16)2)29-25(31)21(24(30)28-26(29)32)14-18-7-4-6-10-23(18)33-15-19-8-3-5-9-22(19)27/h3-14H,15H2,1-2H3,(H,28,30,32)/b21-14+. The van der Waals surface area contributed by atoms with E-state index >= 15 is 0 Å². The first-order valence-electron chi connectivity index (χ1n) is 10.3. The third-order valence-corrected chi connectivity index (χ3v) is 5.78. The quantitative estimate of drug-likeness (QED) is 0.419. The second-order valence-corrected chi connectivity index (χ2v) is 8.05. The molecule has 0 bridgehead atoms. The molecular formula is C26H21ClN2O4. The topological polar surface area (TPSA) is 75.7 Å². The highest BCUT2D eigenvalue weighted by atomic mass is 35.5. The van der Waals surface area contributed by atoms with E-state index in [1.807, 2.05) is 38.1 Å². The number of nitrogens with zero attached hydrogens (tertiary/aromatic N) is 1. The minimum Gasteiger partial charge on any atom is -0.488 e. The van der Waals surface area contributed by atoms with Crippen LogP contribution >= 0.6 is 11.6 Å². The number of hydrogen-bond acceptors (Lipinski definition) is 4. The lowest BCUT2D eigenvalue weighted by molar-refractivity contribution is -0.122. The molecule has 166 valence electrons. The number of barbiturate groups is 1. The Bertz CT molecular complexity index is 1300. The monoisotopic (exact) mass is 460 g/mol. The Morgan fingerprint density at radius 3 is 2.42 bits per heavy atom. The number of carbonyl (C=O) groups is 3. The molecule has 33 heavy (non-hydrogen) atoms. The Kier molecular flexibility index (Phi) is 6.29. The molecule has 1 aliphatic heterocycles. The van der Waals surface area contributed by atoms with Gasteiger partial charge in [0.25, 0.3) is 11.8 Å². The van der Waals surface area contributed by atoms with Gasteiger partial charge in [-0.15, -0.1) is 0 Å². The highest BCUT2D eigenvalue weighted by Gasteiger charge is 2.37. The lowest BCUT2D eigenvalue weighted by Crippen LogP contribution is -2.54. The Morgan fingerprint density at radius 1 is 0.939 bits per heavy atom. The second kappa shape index (κ2) is 9.30. The fourth-order valence-electron chi connectivity index (χ4n) is 3.41. The van der Waals surface area contributed by atoms with Crippen molar-refractivity contribution in [3.63, 3.8) is 0 Å². The fraction of sp³-hybridized carbons (Fsp3) is 0.115. The highest BCUT2D eigenvalue weighted by molar-refractivity contribution is 6.39. The van der Waals surface area contributed by atoms with Crippen LogP contribution in [0.3, 0.4) is 0 Å². The summed E-state index contributed by atoms with van der Waals surface area (Å²) in [5.74, 6) is -0.987. The molecule has 1 N–H and O–H groups in total. The summed E-state index contributed by atoms with van der Waals surface area (Å²) in [6.45, 7) is 4.04. The van der Waals surface area contributed by atoms with Gasteiger partial charge >= 0.3 is 6.03 Å². The molecule has 0 aliphatic carbocycles. The van der Waals surface area contributed by atoms with Crippen molar-refractivity contribution in [1.29, 1.82) is 0 Å². The molecule has 1 fully saturated rings. The molecule has 7 heteroatoms. The SMILES string of the molecule is Cc1ccc(N2C(=O)NC(=O)/C(=C\c3ccccc3OCc3ccccc3Cl)C2=O)cc1C. The third-order valence-electron chi connectivity index (χ3n) is 5.41. The van der Waals surface area contributed by atoms with Crippen molar-refractivity contribution in [2.75, 3.05) is 4.90 Å². The van der Waals surface area contributed by atoms with Gasteiger partial charge in [0.05, 0.1) is 5.69 Å². The number of aryl methyl sites for hydroxylation is 2. The number of benzene rings is 3. The molecule has 0 spiro atoms. The summed E-state index contributed by atoms with van der Waals surface area (Å²) >= 11 is 6.21. The van der Waals surface area contributed by atoms with Crippen LogP contribution in [0.2, 0.25) is 5.02 Å². The van der Waals surface area contributed by atoms with Gasteiger partial charge in [0.2, 0.25) is 0 Å². The van der Waals surface area contributed by atoms with Crippen molar-refractivity contribution in [2.45, 2.75) is 20.5 Å². The van der Waals surface area contributed by atoms with Crippen LogP contribution in [0, 0.1) is 13.8 Å². The summed E-state index contributed by atoms with van der Waals surface area (Å²) in [6.07, 6.45) is 1.43. The van der Waals surface area contributed by atoms with E-state index in [1.54, 1.807) is 42.5 Å². The van der Waals surface area contributed by atoms with Crippen molar-refractivity contribution in [3.8, 4) is 5.75 Å². The number of urea groups is 1. The number of nitrogens with one attached hydrogen (secondary N) is 1. The second-order valence-electron chi connectivity index (χ2n) is 7.64. The zero-order valence-corrected chi connectivity index (χ0v) is 18.8. The van der Waals surface area contributed by atoms with Crippen LogP contribution in [0.4, 0.5) is 10.5 Å². The molecule has 0 unspecified atom stereocenters. The minimum absolute atomic E-state index is 0.165. The average molecular weight is 461 g/mol. The summed E-state index contributed by atoms with van der Waals surface area (Å²) in [6, 6.07) is 18.8. The molecule has 0 aromatic heterocycles. The summed E-state index contributed by atoms with van der Waals surface area (Å²) in [7, 11) is 0. The van der Waals surface area contributed by atoms with E-state index in [0.29, 0.717) is 22.0 Å². The van der Waals surface area contributed by atoms with E-state index in [1.165, 1.54) is 6.08 Å². The highest BCUT2D eigenvalue weighted by Crippen LogP contribution is 2.27. The van der Waals surface area contributed by atoms with E-state index in [2.05, 4.69) is 5.32 Å². The van der Waals surface area contributed by atoms with Gasteiger partial charge in [-0.1, -0.05) is 54.1 Å². The van der Waals surface area contributed by atoms with Crippen LogP contribution in [0.5, 0.6) is 5.75 Å². The molecular weight excluding hydrogens is 440 g/mol. The smallest absolute Gasteiger partial charge is 0.335 e. The molecule has 1 saturated heterocycles. The number of ether oxygens (including phenoxy) is 1. The van der Waals surface area contributed by atoms with Crippen molar-refractivity contribution >= 4 is 41.2 Å². The predicted octanol–water partition coefficient (Wildman–Crippen LogP) is 5.20. The molecule has 3 aromatic rings. The van der Waals surface area contributed by atoms with Gasteiger partial charge in [-0.3, -0.25) is 14.9 Å². The van der Waals surface area contributed by atoms with Crippen molar-refractivity contribution in [1.82, 2.24) is 5.32 Å². The van der Waals surface area contributed by atoms with Crippen molar-refractivity contribution < 1.29 is 19.1 Å². The van der Waals surface area contributed by atoms with Gasteiger partial charge in [0.1, 0.15) is 17.9 Å². The van der Waals surface area contributed by atoms with E-state index in [0.717, 1.165) is 21.6 Å². The fourth-order valence-corrected chi connectivity index (χ4v) is 3.60. The molecule has 0 saturated carbocycles. The van der Waals surface area contributed by atoms with E-state index in [-0.39, 0.29) is 12.2 Å². The number of imide groups is 2. The maximum Gasteiger partial charge on any atom is 0.335 e. The Morgan fingerprint density at radius 2 is 1.67 bits per heavy atom. The number of amides is 4. The number of hydrogen-bond donors (Lipinski definition) is 1. The van der Waals surface area contributed by atoms with Crippen LogP contribution in [-0.4, -0.2) is 17.8 Å². The summed E-state index contributed by atoms with van der Waals surface area (Å²) < 4.78 is 5.92. The zero-order valence-electron chi connectivity index (χ0n) is 18.1. The largest absolute Gasteiger partial charge is 0.488 e. The van der Waals surface area contributed by atoms with E-state index in [4.69, 9.17) is 16.3 Å². The summed E-state index contributed by atoms with van der Waals surface area (Å²) in [4.78, 5) is 39.2. The summed E-state index contributed by atoms with van der Waals surface area (Å²) in [5, 5.41) is 2.83. The van der Waals surface area contributed by atoms with Gasteiger partial charge in [-0.2, -0.15) is 0 Å². The predicted molar refractivity (Wildman–Crippen MR) is 127 cm³/mol. The Hall–Kier alpha value is -3.90. The van der Waals surface area contributed by atoms with Crippen LogP contribution < -0.4 is 15.0 Å². The zero-order chi connectivity index (χ0) is 23.5. The Labute approximate surface area is 196 Å². The normalized spacial score (nSPS) is 15.1. The molecule has 0 atom stereocenters. The van der Waals surface area contributed by atoms with Gasteiger partial charge in [0.15, 0.2) is 0 Å². The number of rotatable bonds is 5. The molecule has 1 heterocycles. The van der Waals surface area contributed by atoms with Gasteiger partial charge in [-0.25, -0.2) is 9.69 Å². The van der Waals surface area contributed by atoms with Gasteiger partial charge in [-0.05, 0) is 55.3 Å². The molecule has 0 radical (unpaired) electrons. The van der Waals surface area contributed by atoms with Crippen molar-refractivity contribution in [3.05, 3.63) is 99.6 Å². The van der Waals surface area contributed by atoms with Crippen LogP contribution in [-0.2, 0) is 16.2 Å². The first-order chi connectivity index (χ1) is 15.8. The third kappa shape index (κ3) is 4.66. The lowest BCUT2D eigenvalue weighted by atomic mass is 10.0. The van der Waals surface area contributed by atoms with E-state index in [9.17, 15) is 14.4 Å². The maximum atomic E-state index is 13.2. The van der Waals surface area contributed by atoms with E-state index < -0.39 is 17.8 Å². The van der Waals surface area contributed by atoms with Gasteiger partial charge in [0, 0.05) is 16.1 Å². The number of halogens is 1. The average Bonchev–Trinajstić information content (AvgIpc) is 2.79. The maximum absolute atomic E-state index is 13.2. The van der Waals surface area contributed by atoms with Crippen molar-refractivity contribution in [2.24, 2.45) is 0 Å². The number of carbonyl (C=O) groups excluding carboxylic acids is 3. The first-order valence-corrected chi connectivity index (χ1v) is 10.7. The van der Waals surface area contributed by atoms with Gasteiger partial charge < -0.3 is 4.74 Å². The molecule has 6 nitrogen and oxygen atoms in total. The van der Waals surface area contributed by atoms with Crippen LogP contribution in [0.25, 0.3) is 6.08 Å². The van der Waals surface area contributed by atoms with Crippen LogP contribution in [0.1, 0.15) is 22.3 Å². The first kappa shape index (κ1) is 22.3. The Balaban J connectivity index is 1.66.